The molecule has 2 aromatic carbocycles. The Morgan fingerprint density at radius 3 is 1.53 bits per heavy atom. The van der Waals surface area contributed by atoms with E-state index in [1.807, 2.05) is 53.7 Å². The molecule has 15 nitrogen and oxygen atoms in total. The first kappa shape index (κ1) is 77.5. The molecular weight excluding hydrogens is 1130 g/mol. The summed E-state index contributed by atoms with van der Waals surface area (Å²) in [6, 6.07) is 3.71. The van der Waals surface area contributed by atoms with Crippen molar-refractivity contribution in [2.24, 2.45) is 11.8 Å². The Labute approximate surface area is 535 Å². The molecule has 1 aliphatic rings. The van der Waals surface area contributed by atoms with Crippen LogP contribution in [0.1, 0.15) is 304 Å². The summed E-state index contributed by atoms with van der Waals surface area (Å²) in [5.74, 6) is -4.00. The van der Waals surface area contributed by atoms with Crippen LogP contribution in [0.15, 0.2) is 23.8 Å². The van der Waals surface area contributed by atoms with Gasteiger partial charge in [0.25, 0.3) is 0 Å². The predicted molar refractivity (Wildman–Crippen MR) is 350 cm³/mol. The van der Waals surface area contributed by atoms with Crippen molar-refractivity contribution in [2.75, 3.05) is 27.4 Å². The maximum atomic E-state index is 14.3. The molecule has 0 spiro atoms. The van der Waals surface area contributed by atoms with E-state index < -0.39 is 47.2 Å². The molecule has 0 N–H and O–H groups in total. The molecule has 0 fully saturated rings. The number of esters is 7. The fraction of sp³-hybridized carbons (Fsp3) is 0.716. The number of hydrogen-bond donors (Lipinski definition) is 0. The number of cyclic esters (lactones) is 1. The molecule has 1 heterocycles. The summed E-state index contributed by atoms with van der Waals surface area (Å²) in [5.41, 5.74) is 4.07. The van der Waals surface area contributed by atoms with Gasteiger partial charge in [-0.05, 0) is 89.0 Å². The Bertz CT molecular complexity index is 2480. The van der Waals surface area contributed by atoms with E-state index in [-0.39, 0.29) is 99.7 Å². The number of aryl methyl sites for hydroxylation is 2. The average Bonchev–Trinajstić information content (AvgIpc) is 2.01. The van der Waals surface area contributed by atoms with Gasteiger partial charge in [-0.15, -0.1) is 0 Å². The Hall–Kier alpha value is -5.73. The third kappa shape index (κ3) is 29.8. The maximum absolute atomic E-state index is 14.3. The van der Waals surface area contributed by atoms with Crippen molar-refractivity contribution in [3.05, 3.63) is 62.7 Å². The van der Waals surface area contributed by atoms with Crippen molar-refractivity contribution in [1.29, 1.82) is 0 Å². The summed E-state index contributed by atoms with van der Waals surface area (Å²) in [5, 5.41) is 0. The van der Waals surface area contributed by atoms with Crippen LogP contribution in [0, 0.1) is 32.6 Å². The lowest BCUT2D eigenvalue weighted by Gasteiger charge is -2.29. The van der Waals surface area contributed by atoms with E-state index in [0.29, 0.717) is 47.3 Å². The number of hydrogen-bond acceptors (Lipinski definition) is 15. The van der Waals surface area contributed by atoms with Gasteiger partial charge < -0.3 is 37.9 Å². The maximum Gasteiger partial charge on any atom is 0.342 e. The van der Waals surface area contributed by atoms with E-state index in [0.717, 1.165) is 55.2 Å². The summed E-state index contributed by atoms with van der Waals surface area (Å²) in [6.07, 6.45) is 33.7. The first-order valence-corrected chi connectivity index (χ1v) is 34.3. The van der Waals surface area contributed by atoms with Gasteiger partial charge in [0.05, 0.1) is 32.5 Å². The minimum atomic E-state index is -1.00. The molecule has 0 amide bonds. The quantitative estimate of drug-likeness (QED) is 0.0199. The van der Waals surface area contributed by atoms with Gasteiger partial charge in [0.1, 0.15) is 36.9 Å². The second-order valence-electron chi connectivity index (χ2n) is 25.9. The minimum absolute atomic E-state index is 0.00365. The Morgan fingerprint density at radius 1 is 0.584 bits per heavy atom. The zero-order valence-corrected chi connectivity index (χ0v) is 57.3. The molecule has 0 aromatic heterocycles. The van der Waals surface area contributed by atoms with Gasteiger partial charge in [-0.25, -0.2) is 4.79 Å². The number of methoxy groups -OCH3 is 2. The van der Waals surface area contributed by atoms with E-state index in [4.69, 9.17) is 37.9 Å². The minimum Gasteiger partial charge on any atom is -0.496 e. The normalized spacial score (nSPS) is 13.0. The molecule has 3 rings (SSSR count). The van der Waals surface area contributed by atoms with Crippen LogP contribution in [0.2, 0.25) is 0 Å². The van der Waals surface area contributed by atoms with Crippen LogP contribution < -0.4 is 14.2 Å². The van der Waals surface area contributed by atoms with Gasteiger partial charge in [-0.2, -0.15) is 0 Å². The van der Waals surface area contributed by atoms with E-state index in [1.54, 1.807) is 19.9 Å². The first-order valence-electron chi connectivity index (χ1n) is 34.3. The number of allylic oxidation sites excluding steroid dienone is 2. The van der Waals surface area contributed by atoms with E-state index in [1.165, 1.54) is 130 Å². The van der Waals surface area contributed by atoms with Gasteiger partial charge in [0.2, 0.25) is 0 Å². The third-order valence-corrected chi connectivity index (χ3v) is 17.3. The molecule has 1 aliphatic heterocycles. The highest BCUT2D eigenvalue weighted by molar-refractivity contribution is 5.99. The number of rotatable bonds is 49. The first-order chi connectivity index (χ1) is 42.7. The van der Waals surface area contributed by atoms with Crippen molar-refractivity contribution in [1.82, 2.24) is 0 Å². The third-order valence-electron chi connectivity index (χ3n) is 17.3. The van der Waals surface area contributed by atoms with Crippen LogP contribution in [0.5, 0.6) is 17.2 Å². The largest absolute Gasteiger partial charge is 0.496 e. The van der Waals surface area contributed by atoms with Crippen LogP contribution in [-0.2, 0) is 70.9 Å². The predicted octanol–water partition coefficient (Wildman–Crippen LogP) is 17.9. The van der Waals surface area contributed by atoms with E-state index >= 15 is 0 Å². The zero-order valence-electron chi connectivity index (χ0n) is 57.3. The average molecular weight is 1250 g/mol. The van der Waals surface area contributed by atoms with Crippen LogP contribution in [-0.4, -0.2) is 75.3 Å². The number of ether oxygens (including phenoxy) is 8. The summed E-state index contributed by atoms with van der Waals surface area (Å²) < 4.78 is 45.7. The molecule has 2 aromatic rings. The van der Waals surface area contributed by atoms with E-state index in [9.17, 15) is 33.6 Å². The Balaban J connectivity index is 1.63. The topological polar surface area (TPSA) is 193 Å². The second kappa shape index (κ2) is 43.9. The Kier molecular flexibility index (Phi) is 38.2. The number of fused-ring (bicyclic) bond motifs is 1. The highest BCUT2D eigenvalue weighted by atomic mass is 16.6. The molecule has 502 valence electrons. The lowest BCUT2D eigenvalue weighted by Crippen LogP contribution is -2.33. The SMILES string of the molecule is CCCCCCCCCCCCCCCC(=O)OCC(COC(=O)CCCCCCCCCCCCCCC)OC(=O)C(C)CCC(C)C(=O)Oc1cc(C)cc(C)c1C(C)(C)CC(=O)Oc1c(C/C=C(\C)CCC(=O)OC)c(OC)c(C)c2c1C(=O)OC2. The van der Waals surface area contributed by atoms with E-state index in [2.05, 4.69) is 13.8 Å². The lowest BCUT2D eigenvalue weighted by atomic mass is 9.78. The van der Waals surface area contributed by atoms with Crippen molar-refractivity contribution in [2.45, 2.75) is 306 Å². The molecule has 15 heteroatoms. The number of carbonyl (C=O) groups is 7. The van der Waals surface area contributed by atoms with Crippen molar-refractivity contribution in [3.8, 4) is 17.2 Å². The Morgan fingerprint density at radius 2 is 1.06 bits per heavy atom. The van der Waals surface area contributed by atoms with Crippen LogP contribution in [0.4, 0.5) is 0 Å². The monoisotopic (exact) mass is 1240 g/mol. The van der Waals surface area contributed by atoms with Crippen molar-refractivity contribution in [3.63, 3.8) is 0 Å². The van der Waals surface area contributed by atoms with Gasteiger partial charge in [0, 0.05) is 41.4 Å². The smallest absolute Gasteiger partial charge is 0.342 e. The van der Waals surface area contributed by atoms with Gasteiger partial charge >= 0.3 is 41.8 Å². The molecule has 0 radical (unpaired) electrons. The fourth-order valence-electron chi connectivity index (χ4n) is 11.8. The van der Waals surface area contributed by atoms with Gasteiger partial charge in [-0.3, -0.25) is 28.8 Å². The summed E-state index contributed by atoms with van der Waals surface area (Å²) in [7, 11) is 2.85. The number of unbranched alkanes of at least 4 members (excludes halogenated alkanes) is 24. The van der Waals surface area contributed by atoms with Crippen molar-refractivity contribution >= 4 is 41.8 Å². The highest BCUT2D eigenvalue weighted by Gasteiger charge is 2.37. The standard InChI is InChI=1S/C74H116O15/c1-13-15-17-19-21-23-25-27-29-31-33-35-37-39-64(76)84-50-59(51-85-65(77)40-38-36-34-32-30-28-26-24-22-20-18-16-14-2)87-71(79)55(5)43-44-56(6)72(80)88-62-48-54(4)47-57(7)68(62)74(9,10)49-66(78)89-70-60(45-41-53(3)42-46-63(75)82-11)69(83-12)58(8)61-52-86-73(81)67(61)70/h41,47-48,55-56,59H,13-40,42-46,49-52H2,1-12H3/b53-41+. The molecule has 0 saturated carbocycles. The lowest BCUT2D eigenvalue weighted by molar-refractivity contribution is -0.169. The number of carbonyl (C=O) groups excluding carboxylic acids is 7. The summed E-state index contributed by atoms with van der Waals surface area (Å²) >= 11 is 0. The zero-order chi connectivity index (χ0) is 65.6. The molecular formula is C74H116O15. The van der Waals surface area contributed by atoms with Gasteiger partial charge in [-0.1, -0.05) is 213 Å². The molecule has 89 heavy (non-hydrogen) atoms. The number of benzene rings is 2. The fourth-order valence-corrected chi connectivity index (χ4v) is 11.8. The molecule has 0 bridgehead atoms. The molecule has 2 unspecified atom stereocenters. The van der Waals surface area contributed by atoms with Crippen LogP contribution >= 0.6 is 0 Å². The van der Waals surface area contributed by atoms with Crippen LogP contribution in [0.25, 0.3) is 0 Å². The highest BCUT2D eigenvalue weighted by Crippen LogP contribution is 2.44. The van der Waals surface area contributed by atoms with Crippen LogP contribution in [0.3, 0.4) is 0 Å². The summed E-state index contributed by atoms with van der Waals surface area (Å²) in [6.45, 7) is 18.6. The molecule has 0 aliphatic carbocycles. The molecule has 0 saturated heterocycles. The summed E-state index contributed by atoms with van der Waals surface area (Å²) in [4.78, 5) is 93.1. The van der Waals surface area contributed by atoms with Gasteiger partial charge in [0.15, 0.2) is 11.9 Å². The molecule has 2 atom stereocenters. The second-order valence-corrected chi connectivity index (χ2v) is 25.9. The van der Waals surface area contributed by atoms with Crippen molar-refractivity contribution < 1.29 is 71.5 Å².